The molecule has 2 aromatic heterocycles. The van der Waals surface area contributed by atoms with Gasteiger partial charge in [0.25, 0.3) is 0 Å². The molecule has 45 heavy (non-hydrogen) atoms. The normalized spacial score (nSPS) is 19.8. The van der Waals surface area contributed by atoms with E-state index in [1.54, 1.807) is 23.6 Å². The molecule has 13 heteroatoms. The number of benzene rings is 2. The number of hydrogen-bond donors (Lipinski definition) is 2. The molecule has 1 fully saturated rings. The van der Waals surface area contributed by atoms with Gasteiger partial charge >= 0.3 is 14.5 Å². The molecule has 4 atom stereocenters. The van der Waals surface area contributed by atoms with Crippen molar-refractivity contribution < 1.29 is 32.4 Å². The van der Waals surface area contributed by atoms with E-state index < -0.39 is 44.5 Å². The molecule has 1 aliphatic heterocycles. The first-order valence-corrected chi connectivity index (χ1v) is 15.9. The van der Waals surface area contributed by atoms with Crippen molar-refractivity contribution >= 4 is 25.8 Å². The van der Waals surface area contributed by atoms with Crippen LogP contribution < -0.4 is 15.3 Å². The highest BCUT2D eigenvalue weighted by atomic mass is 31.2. The molecule has 1 aliphatic rings. The summed E-state index contributed by atoms with van der Waals surface area (Å²) in [4.78, 5) is 17.0. The first-order valence-electron chi connectivity index (χ1n) is 14.8. The maximum Gasteiger partial charge on any atom is 0.323 e. The number of nitrogens with one attached hydrogen (secondary N) is 1. The molecular weight excluding hydrogens is 600 g/mol. The number of nitrogen functional groups attached to an aromatic ring is 1. The summed E-state index contributed by atoms with van der Waals surface area (Å²) in [6.07, 6.45) is 1.92. The molecule has 0 spiro atoms. The molecule has 4 aromatic rings. The summed E-state index contributed by atoms with van der Waals surface area (Å²) in [6, 6.07) is 21.7. The van der Waals surface area contributed by atoms with Crippen LogP contribution in [0.5, 0.6) is 5.75 Å². The zero-order chi connectivity index (χ0) is 31.9. The minimum absolute atomic E-state index is 0.0498. The Kier molecular flexibility index (Phi) is 10.6. The number of ether oxygens (including phenoxy) is 3. The number of carbonyl (C=O) groups excluding carboxylic acids is 1. The van der Waals surface area contributed by atoms with Crippen molar-refractivity contribution in [1.29, 1.82) is 0 Å². The van der Waals surface area contributed by atoms with Crippen LogP contribution in [0.4, 0.5) is 10.2 Å². The summed E-state index contributed by atoms with van der Waals surface area (Å²) in [7, 11) is -1.90. The largest absolute Gasteiger partial charge is 0.461 e. The van der Waals surface area contributed by atoms with Gasteiger partial charge in [-0.1, -0.05) is 48.5 Å². The maximum absolute atomic E-state index is 14.6. The standard InChI is InChI=1S/C32H39FN5O6P/c1-23(30(39)40-20-31(2,3)41-18-24-10-6-4-7-11-24)37-45(44-25-12-8-5-9-13-25)42-21-32(19-33)17-16-28(43-32)26-14-15-27-29(34)35-22-36-38(26)27/h4-15,22-23,28,37H,16-21H2,1-3H3,(H2,34,35,36)/t23?,28?,32-,45?/m1/s1. The van der Waals surface area contributed by atoms with Crippen molar-refractivity contribution in [3.05, 3.63) is 90.4 Å². The molecule has 0 amide bonds. The molecule has 0 saturated carbocycles. The predicted molar refractivity (Wildman–Crippen MR) is 168 cm³/mol. The average molecular weight is 640 g/mol. The molecule has 1 saturated heterocycles. The molecule has 5 rings (SSSR count). The molecule has 3 N–H and O–H groups in total. The fourth-order valence-electron chi connectivity index (χ4n) is 4.80. The van der Waals surface area contributed by atoms with E-state index in [0.29, 0.717) is 36.5 Å². The van der Waals surface area contributed by atoms with Crippen molar-refractivity contribution in [2.45, 2.75) is 63.6 Å². The Bertz CT molecular complexity index is 1550. The second kappa shape index (κ2) is 14.6. The lowest BCUT2D eigenvalue weighted by Gasteiger charge is -2.29. The molecular formula is C32H39FN5O6P. The fraction of sp³-hybridized carbons (Fsp3) is 0.406. The smallest absolute Gasteiger partial charge is 0.323 e. The van der Waals surface area contributed by atoms with Crippen LogP contribution in [0.3, 0.4) is 0 Å². The van der Waals surface area contributed by atoms with Crippen LogP contribution in [0.1, 0.15) is 51.0 Å². The maximum atomic E-state index is 14.6. The van der Waals surface area contributed by atoms with Gasteiger partial charge < -0.3 is 29.0 Å². The van der Waals surface area contributed by atoms with Gasteiger partial charge in [-0.3, -0.25) is 4.79 Å². The van der Waals surface area contributed by atoms with E-state index in [2.05, 4.69) is 15.2 Å². The number of para-hydroxylation sites is 1. The Morgan fingerprint density at radius 3 is 2.64 bits per heavy atom. The van der Waals surface area contributed by atoms with Crippen LogP contribution >= 0.6 is 8.53 Å². The second-order valence-corrected chi connectivity index (χ2v) is 12.8. The molecule has 11 nitrogen and oxygen atoms in total. The monoisotopic (exact) mass is 639 g/mol. The zero-order valence-electron chi connectivity index (χ0n) is 25.6. The number of halogens is 1. The molecule has 0 radical (unpaired) electrons. The van der Waals surface area contributed by atoms with E-state index in [0.717, 1.165) is 11.3 Å². The van der Waals surface area contributed by atoms with Crippen LogP contribution in [-0.4, -0.2) is 57.7 Å². The van der Waals surface area contributed by atoms with Crippen LogP contribution in [0, 0.1) is 0 Å². The number of nitrogens with zero attached hydrogens (tertiary/aromatic N) is 3. The molecule has 0 aliphatic carbocycles. The summed E-state index contributed by atoms with van der Waals surface area (Å²) in [5.41, 5.74) is 6.49. The second-order valence-electron chi connectivity index (χ2n) is 11.6. The SMILES string of the molecule is CC(NP(OC[C@]1(CF)CCC(c2ccc3c(N)ncnn23)O1)Oc1ccccc1)C(=O)OCC(C)(C)OCc1ccccc1. The fourth-order valence-corrected chi connectivity index (χ4v) is 6.07. The Balaban J connectivity index is 1.19. The summed E-state index contributed by atoms with van der Waals surface area (Å²) in [5.74, 6) is 0.376. The van der Waals surface area contributed by atoms with Crippen LogP contribution in [0.2, 0.25) is 0 Å². The van der Waals surface area contributed by atoms with Crippen LogP contribution in [-0.2, 0) is 30.1 Å². The number of hydrogen-bond acceptors (Lipinski definition) is 10. The number of carbonyl (C=O) groups is 1. The molecule has 3 unspecified atom stereocenters. The molecule has 0 bridgehead atoms. The molecule has 2 aromatic carbocycles. The van der Waals surface area contributed by atoms with E-state index in [1.807, 2.05) is 74.5 Å². The number of anilines is 1. The van der Waals surface area contributed by atoms with Crippen molar-refractivity contribution in [2.24, 2.45) is 0 Å². The van der Waals surface area contributed by atoms with Gasteiger partial charge in [-0.2, -0.15) is 5.10 Å². The van der Waals surface area contributed by atoms with E-state index in [9.17, 15) is 9.18 Å². The number of rotatable bonds is 15. The van der Waals surface area contributed by atoms with Gasteiger partial charge in [0.15, 0.2) is 5.82 Å². The molecule has 3 heterocycles. The number of nitrogens with two attached hydrogens (primary N) is 1. The van der Waals surface area contributed by atoms with Gasteiger partial charge in [0, 0.05) is 0 Å². The van der Waals surface area contributed by atoms with E-state index in [1.165, 1.54) is 6.33 Å². The first kappa shape index (κ1) is 32.7. The van der Waals surface area contributed by atoms with Gasteiger partial charge in [-0.25, -0.2) is 19.0 Å². The van der Waals surface area contributed by atoms with Gasteiger partial charge in [-0.15, -0.1) is 0 Å². The van der Waals surface area contributed by atoms with Gasteiger partial charge in [0.1, 0.15) is 48.6 Å². The highest BCUT2D eigenvalue weighted by molar-refractivity contribution is 7.45. The summed E-state index contributed by atoms with van der Waals surface area (Å²) >= 11 is 0. The summed E-state index contributed by atoms with van der Waals surface area (Å²) in [6.45, 7) is 4.95. The lowest BCUT2D eigenvalue weighted by Crippen LogP contribution is -2.40. The lowest BCUT2D eigenvalue weighted by atomic mass is 10.0. The van der Waals surface area contributed by atoms with E-state index in [4.69, 9.17) is 29.0 Å². The van der Waals surface area contributed by atoms with Gasteiger partial charge in [-0.05, 0) is 63.4 Å². The molecule has 240 valence electrons. The van der Waals surface area contributed by atoms with Crippen molar-refractivity contribution in [1.82, 2.24) is 19.7 Å². The minimum Gasteiger partial charge on any atom is -0.461 e. The summed E-state index contributed by atoms with van der Waals surface area (Å²) < 4.78 is 46.3. The number of alkyl halides is 1. The quantitative estimate of drug-likeness (QED) is 0.123. The lowest BCUT2D eigenvalue weighted by molar-refractivity contribution is -0.155. The van der Waals surface area contributed by atoms with E-state index >= 15 is 0 Å². The highest BCUT2D eigenvalue weighted by Crippen LogP contribution is 2.44. The Morgan fingerprint density at radius 2 is 1.91 bits per heavy atom. The Labute approximate surface area is 263 Å². The van der Waals surface area contributed by atoms with Gasteiger partial charge in [0.05, 0.1) is 24.5 Å². The van der Waals surface area contributed by atoms with Gasteiger partial charge in [0.2, 0.25) is 0 Å². The Hall–Kier alpha value is -3.67. The van der Waals surface area contributed by atoms with Crippen molar-refractivity contribution in [3.63, 3.8) is 0 Å². The third-order valence-corrected chi connectivity index (χ3v) is 8.74. The topological polar surface area (TPSA) is 131 Å². The third kappa shape index (κ3) is 8.53. The first-order chi connectivity index (χ1) is 21.7. The zero-order valence-corrected chi connectivity index (χ0v) is 26.5. The predicted octanol–water partition coefficient (Wildman–Crippen LogP) is 5.71. The summed E-state index contributed by atoms with van der Waals surface area (Å²) in [5, 5.41) is 7.37. The van der Waals surface area contributed by atoms with E-state index in [-0.39, 0.29) is 13.2 Å². The van der Waals surface area contributed by atoms with Crippen LogP contribution in [0.15, 0.2) is 79.1 Å². The van der Waals surface area contributed by atoms with Crippen molar-refractivity contribution in [3.8, 4) is 5.75 Å². The van der Waals surface area contributed by atoms with Crippen molar-refractivity contribution in [2.75, 3.05) is 25.6 Å². The number of aromatic nitrogens is 3. The average Bonchev–Trinajstić information content (AvgIpc) is 3.68. The number of fused-ring (bicyclic) bond motifs is 1. The minimum atomic E-state index is -1.90. The van der Waals surface area contributed by atoms with Crippen LogP contribution in [0.25, 0.3) is 5.52 Å². The third-order valence-electron chi connectivity index (χ3n) is 7.40. The number of esters is 1. The highest BCUT2D eigenvalue weighted by Gasteiger charge is 2.43. The Morgan fingerprint density at radius 1 is 1.18 bits per heavy atom.